The van der Waals surface area contributed by atoms with Crippen molar-refractivity contribution in [3.8, 4) is 22.6 Å². The molecular weight excluding hydrogens is 480 g/mol. The van der Waals surface area contributed by atoms with Gasteiger partial charge in [0.1, 0.15) is 24.7 Å². The van der Waals surface area contributed by atoms with E-state index in [-0.39, 0.29) is 23.4 Å². The molecule has 0 unspecified atom stereocenters. The third-order valence-corrected chi connectivity index (χ3v) is 5.85. The summed E-state index contributed by atoms with van der Waals surface area (Å²) in [5, 5.41) is 12.6. The number of carboxylic acid groups (broad SMARTS) is 1. The van der Waals surface area contributed by atoms with Crippen molar-refractivity contribution < 1.29 is 24.2 Å². The number of aromatic carboxylic acids is 1. The molecule has 4 aromatic carbocycles. The van der Waals surface area contributed by atoms with E-state index in [9.17, 15) is 14.7 Å². The predicted molar refractivity (Wildman–Crippen MR) is 148 cm³/mol. The number of amides is 1. The molecule has 38 heavy (non-hydrogen) atoms. The van der Waals surface area contributed by atoms with Crippen LogP contribution in [0.1, 0.15) is 26.3 Å². The fraction of sp³-hybridized carbons (Fsp3) is 0.161. The van der Waals surface area contributed by atoms with E-state index in [4.69, 9.17) is 9.47 Å². The molecule has 0 heterocycles. The Morgan fingerprint density at radius 1 is 0.789 bits per heavy atom. The molecule has 0 radical (unpaired) electrons. The zero-order chi connectivity index (χ0) is 26.9. The van der Waals surface area contributed by atoms with Crippen molar-refractivity contribution in [1.29, 1.82) is 0 Å². The number of benzene rings is 4. The SMILES string of the molecule is CN(C)CCOc1ccc(OCc2ccccc2)c(C(=O)Nc2cc(-c3ccccc3)ccc2C(=O)O)c1. The quantitative estimate of drug-likeness (QED) is 0.264. The Bertz CT molecular complexity index is 1390. The number of hydrogen-bond acceptors (Lipinski definition) is 5. The van der Waals surface area contributed by atoms with Crippen molar-refractivity contribution in [2.24, 2.45) is 0 Å². The lowest BCUT2D eigenvalue weighted by Gasteiger charge is -2.16. The summed E-state index contributed by atoms with van der Waals surface area (Å²) in [6.07, 6.45) is 0. The summed E-state index contributed by atoms with van der Waals surface area (Å²) in [6, 6.07) is 29.1. The maximum absolute atomic E-state index is 13.6. The van der Waals surface area contributed by atoms with E-state index >= 15 is 0 Å². The van der Waals surface area contributed by atoms with Crippen LogP contribution in [0.15, 0.2) is 97.1 Å². The number of anilines is 1. The van der Waals surface area contributed by atoms with Gasteiger partial charge in [-0.25, -0.2) is 4.79 Å². The zero-order valence-corrected chi connectivity index (χ0v) is 21.4. The van der Waals surface area contributed by atoms with E-state index in [1.54, 1.807) is 30.3 Å². The van der Waals surface area contributed by atoms with Gasteiger partial charge in [0.05, 0.1) is 16.8 Å². The minimum absolute atomic E-state index is 0.0110. The van der Waals surface area contributed by atoms with Crippen molar-refractivity contribution in [1.82, 2.24) is 4.90 Å². The Morgan fingerprint density at radius 3 is 2.18 bits per heavy atom. The minimum Gasteiger partial charge on any atom is -0.492 e. The Morgan fingerprint density at radius 2 is 1.50 bits per heavy atom. The molecule has 0 bridgehead atoms. The summed E-state index contributed by atoms with van der Waals surface area (Å²) in [4.78, 5) is 27.5. The van der Waals surface area contributed by atoms with Gasteiger partial charge in [0.15, 0.2) is 0 Å². The summed E-state index contributed by atoms with van der Waals surface area (Å²) in [5.41, 5.74) is 3.06. The lowest BCUT2D eigenvalue weighted by molar-refractivity contribution is 0.0698. The molecule has 0 spiro atoms. The van der Waals surface area contributed by atoms with E-state index in [0.717, 1.165) is 16.7 Å². The second-order valence-electron chi connectivity index (χ2n) is 8.97. The number of rotatable bonds is 11. The van der Waals surface area contributed by atoms with E-state index in [2.05, 4.69) is 5.32 Å². The number of carbonyl (C=O) groups excluding carboxylic acids is 1. The summed E-state index contributed by atoms with van der Waals surface area (Å²) in [5.74, 6) is -0.761. The van der Waals surface area contributed by atoms with Gasteiger partial charge in [-0.15, -0.1) is 0 Å². The van der Waals surface area contributed by atoms with Crippen LogP contribution in [-0.4, -0.2) is 49.1 Å². The molecule has 2 N–H and O–H groups in total. The van der Waals surface area contributed by atoms with Crippen LogP contribution in [0.25, 0.3) is 11.1 Å². The highest BCUT2D eigenvalue weighted by molar-refractivity contribution is 6.09. The van der Waals surface area contributed by atoms with Crippen molar-refractivity contribution in [3.05, 3.63) is 114 Å². The fourth-order valence-electron chi connectivity index (χ4n) is 3.82. The molecule has 0 fully saturated rings. The Hall–Kier alpha value is -4.62. The summed E-state index contributed by atoms with van der Waals surface area (Å²) in [6.45, 7) is 1.43. The number of nitrogens with one attached hydrogen (secondary N) is 1. The molecule has 0 aromatic heterocycles. The number of carboxylic acids is 1. The number of likely N-dealkylation sites (N-methyl/N-ethyl adjacent to an activating group) is 1. The lowest BCUT2D eigenvalue weighted by atomic mass is 10.0. The first kappa shape index (κ1) is 26.4. The zero-order valence-electron chi connectivity index (χ0n) is 21.4. The highest BCUT2D eigenvalue weighted by Gasteiger charge is 2.19. The smallest absolute Gasteiger partial charge is 0.337 e. The maximum atomic E-state index is 13.6. The second-order valence-corrected chi connectivity index (χ2v) is 8.97. The van der Waals surface area contributed by atoms with E-state index < -0.39 is 11.9 Å². The van der Waals surface area contributed by atoms with Gasteiger partial charge in [0, 0.05) is 6.54 Å². The second kappa shape index (κ2) is 12.6. The van der Waals surface area contributed by atoms with Gasteiger partial charge in [-0.2, -0.15) is 0 Å². The third-order valence-electron chi connectivity index (χ3n) is 5.85. The van der Waals surface area contributed by atoms with Crippen LogP contribution < -0.4 is 14.8 Å². The molecule has 0 saturated heterocycles. The highest BCUT2D eigenvalue weighted by Crippen LogP contribution is 2.29. The van der Waals surface area contributed by atoms with Crippen LogP contribution in [0.4, 0.5) is 5.69 Å². The summed E-state index contributed by atoms with van der Waals surface area (Å²) >= 11 is 0. The van der Waals surface area contributed by atoms with Gasteiger partial charge >= 0.3 is 5.97 Å². The summed E-state index contributed by atoms with van der Waals surface area (Å²) in [7, 11) is 3.90. The highest BCUT2D eigenvalue weighted by atomic mass is 16.5. The molecule has 194 valence electrons. The van der Waals surface area contributed by atoms with Crippen LogP contribution in [0.3, 0.4) is 0 Å². The summed E-state index contributed by atoms with van der Waals surface area (Å²) < 4.78 is 11.9. The molecule has 0 saturated carbocycles. The van der Waals surface area contributed by atoms with Crippen LogP contribution in [0, 0.1) is 0 Å². The first-order chi connectivity index (χ1) is 18.4. The van der Waals surface area contributed by atoms with Crippen molar-refractivity contribution >= 4 is 17.6 Å². The predicted octanol–water partition coefficient (Wildman–Crippen LogP) is 5.82. The van der Waals surface area contributed by atoms with Gasteiger partial charge < -0.3 is 24.8 Å². The molecular formula is C31H30N2O5. The standard InChI is InChI=1S/C31H30N2O5/c1-33(2)17-18-37-25-14-16-29(38-21-22-9-5-3-6-10-22)27(20-25)30(34)32-28-19-24(13-15-26(28)31(35)36)23-11-7-4-8-12-23/h3-16,19-20H,17-18,21H2,1-2H3,(H,32,34)(H,35,36). The normalized spacial score (nSPS) is 10.7. The molecule has 7 heteroatoms. The van der Waals surface area contributed by atoms with Crippen molar-refractivity contribution in [2.75, 3.05) is 32.6 Å². The van der Waals surface area contributed by atoms with Gasteiger partial charge in [0.25, 0.3) is 5.91 Å². The molecule has 4 aromatic rings. The average molecular weight is 511 g/mol. The number of hydrogen-bond donors (Lipinski definition) is 2. The molecule has 4 rings (SSSR count). The van der Waals surface area contributed by atoms with Crippen LogP contribution in [0.2, 0.25) is 0 Å². The van der Waals surface area contributed by atoms with Crippen LogP contribution in [-0.2, 0) is 6.61 Å². The van der Waals surface area contributed by atoms with Gasteiger partial charge in [-0.1, -0.05) is 66.7 Å². The molecule has 7 nitrogen and oxygen atoms in total. The third kappa shape index (κ3) is 6.99. The van der Waals surface area contributed by atoms with Gasteiger partial charge in [-0.3, -0.25) is 4.79 Å². The van der Waals surface area contributed by atoms with Crippen LogP contribution in [0.5, 0.6) is 11.5 Å². The molecule has 0 aliphatic rings. The maximum Gasteiger partial charge on any atom is 0.337 e. The van der Waals surface area contributed by atoms with Crippen molar-refractivity contribution in [2.45, 2.75) is 6.61 Å². The van der Waals surface area contributed by atoms with Gasteiger partial charge in [-0.05, 0) is 61.1 Å². The van der Waals surface area contributed by atoms with E-state index in [0.29, 0.717) is 24.7 Å². The van der Waals surface area contributed by atoms with E-state index in [1.165, 1.54) is 6.07 Å². The lowest BCUT2D eigenvalue weighted by Crippen LogP contribution is -2.20. The fourth-order valence-corrected chi connectivity index (χ4v) is 3.82. The number of ether oxygens (including phenoxy) is 2. The first-order valence-electron chi connectivity index (χ1n) is 12.2. The molecule has 0 aliphatic heterocycles. The number of carbonyl (C=O) groups is 2. The van der Waals surface area contributed by atoms with Crippen molar-refractivity contribution in [3.63, 3.8) is 0 Å². The molecule has 0 atom stereocenters. The average Bonchev–Trinajstić information content (AvgIpc) is 2.93. The minimum atomic E-state index is -1.14. The Labute approximate surface area is 222 Å². The number of nitrogens with zero attached hydrogens (tertiary/aromatic N) is 1. The Balaban J connectivity index is 1.64. The van der Waals surface area contributed by atoms with E-state index in [1.807, 2.05) is 79.7 Å². The topological polar surface area (TPSA) is 88.1 Å². The largest absolute Gasteiger partial charge is 0.492 e. The monoisotopic (exact) mass is 510 g/mol. The first-order valence-corrected chi connectivity index (χ1v) is 12.2. The van der Waals surface area contributed by atoms with Crippen LogP contribution >= 0.6 is 0 Å². The Kier molecular flexibility index (Phi) is 8.74. The molecule has 0 aliphatic carbocycles. The van der Waals surface area contributed by atoms with Gasteiger partial charge in [0.2, 0.25) is 0 Å². The molecule has 1 amide bonds.